The summed E-state index contributed by atoms with van der Waals surface area (Å²) in [6, 6.07) is 23.0. The number of methoxy groups -OCH3 is 1. The second kappa shape index (κ2) is 8.30. The Morgan fingerprint density at radius 1 is 1.00 bits per heavy atom. The standard InChI is InChI=1S/C22H22N2O2/c1-3-24(18-9-5-4-6-10-18)22(25)21(20-11-7-8-16-23-20)17-12-14-19(26-2)15-13-17/h4-16,21H,3H2,1-2H3. The van der Waals surface area contributed by atoms with Crippen molar-refractivity contribution in [3.63, 3.8) is 0 Å². The topological polar surface area (TPSA) is 42.4 Å². The summed E-state index contributed by atoms with van der Waals surface area (Å²) in [6.07, 6.45) is 1.72. The summed E-state index contributed by atoms with van der Waals surface area (Å²) < 4.78 is 5.24. The molecule has 0 saturated heterocycles. The van der Waals surface area contributed by atoms with E-state index in [4.69, 9.17) is 4.74 Å². The smallest absolute Gasteiger partial charge is 0.240 e. The summed E-state index contributed by atoms with van der Waals surface area (Å²) in [5.74, 6) is 0.293. The maximum Gasteiger partial charge on any atom is 0.240 e. The highest BCUT2D eigenvalue weighted by atomic mass is 16.5. The van der Waals surface area contributed by atoms with Gasteiger partial charge in [0, 0.05) is 18.4 Å². The predicted molar refractivity (Wildman–Crippen MR) is 104 cm³/mol. The third-order valence-corrected chi connectivity index (χ3v) is 4.33. The molecular weight excluding hydrogens is 324 g/mol. The molecule has 0 saturated carbocycles. The first kappa shape index (κ1) is 17.7. The van der Waals surface area contributed by atoms with E-state index < -0.39 is 5.92 Å². The zero-order valence-corrected chi connectivity index (χ0v) is 15.0. The van der Waals surface area contributed by atoms with Gasteiger partial charge in [0.1, 0.15) is 11.7 Å². The number of rotatable bonds is 6. The second-order valence-corrected chi connectivity index (χ2v) is 5.88. The van der Waals surface area contributed by atoms with E-state index in [1.807, 2.05) is 79.7 Å². The van der Waals surface area contributed by atoms with Crippen LogP contribution in [-0.2, 0) is 4.79 Å². The fourth-order valence-corrected chi connectivity index (χ4v) is 3.01. The van der Waals surface area contributed by atoms with Gasteiger partial charge in [-0.25, -0.2) is 0 Å². The number of carbonyl (C=O) groups is 1. The molecule has 3 rings (SSSR count). The van der Waals surface area contributed by atoms with E-state index in [-0.39, 0.29) is 5.91 Å². The van der Waals surface area contributed by atoms with Gasteiger partial charge in [-0.2, -0.15) is 0 Å². The van der Waals surface area contributed by atoms with Crippen LogP contribution in [0.1, 0.15) is 24.1 Å². The molecule has 0 N–H and O–H groups in total. The lowest BCUT2D eigenvalue weighted by atomic mass is 9.93. The Hall–Kier alpha value is -3.14. The number of para-hydroxylation sites is 1. The zero-order chi connectivity index (χ0) is 18.4. The minimum atomic E-state index is -0.470. The molecule has 1 amide bonds. The Morgan fingerprint density at radius 2 is 1.69 bits per heavy atom. The van der Waals surface area contributed by atoms with Crippen molar-refractivity contribution < 1.29 is 9.53 Å². The highest BCUT2D eigenvalue weighted by molar-refractivity contribution is 5.99. The minimum Gasteiger partial charge on any atom is -0.497 e. The molecule has 4 nitrogen and oxygen atoms in total. The van der Waals surface area contributed by atoms with Gasteiger partial charge in [-0.1, -0.05) is 36.4 Å². The molecule has 0 aliphatic heterocycles. The van der Waals surface area contributed by atoms with Crippen molar-refractivity contribution >= 4 is 11.6 Å². The van der Waals surface area contributed by atoms with Gasteiger partial charge < -0.3 is 9.64 Å². The van der Waals surface area contributed by atoms with E-state index in [9.17, 15) is 4.79 Å². The van der Waals surface area contributed by atoms with Gasteiger partial charge in [-0.05, 0) is 48.9 Å². The summed E-state index contributed by atoms with van der Waals surface area (Å²) in [5, 5.41) is 0. The molecule has 1 unspecified atom stereocenters. The zero-order valence-electron chi connectivity index (χ0n) is 15.0. The van der Waals surface area contributed by atoms with Crippen molar-refractivity contribution in [1.82, 2.24) is 4.98 Å². The lowest BCUT2D eigenvalue weighted by Gasteiger charge is -2.26. The molecule has 1 aromatic heterocycles. The number of anilines is 1. The lowest BCUT2D eigenvalue weighted by Crippen LogP contribution is -2.35. The molecule has 0 fully saturated rings. The number of ether oxygens (including phenoxy) is 1. The van der Waals surface area contributed by atoms with E-state index in [0.717, 1.165) is 22.7 Å². The molecule has 1 heterocycles. The van der Waals surface area contributed by atoms with Crippen molar-refractivity contribution in [3.8, 4) is 5.75 Å². The summed E-state index contributed by atoms with van der Waals surface area (Å²) >= 11 is 0. The number of amides is 1. The van der Waals surface area contributed by atoms with Crippen LogP contribution in [-0.4, -0.2) is 24.5 Å². The van der Waals surface area contributed by atoms with Crippen LogP contribution >= 0.6 is 0 Å². The van der Waals surface area contributed by atoms with Crippen LogP contribution in [0.4, 0.5) is 5.69 Å². The Labute approximate surface area is 154 Å². The number of likely N-dealkylation sites (N-methyl/N-ethyl adjacent to an activating group) is 1. The molecular formula is C22H22N2O2. The Bertz CT molecular complexity index is 833. The molecule has 0 spiro atoms. The van der Waals surface area contributed by atoms with Gasteiger partial charge in [-0.3, -0.25) is 9.78 Å². The first-order valence-electron chi connectivity index (χ1n) is 8.66. The summed E-state index contributed by atoms with van der Waals surface area (Å²) in [5.41, 5.74) is 2.51. The van der Waals surface area contributed by atoms with E-state index >= 15 is 0 Å². The van der Waals surface area contributed by atoms with Crippen molar-refractivity contribution in [3.05, 3.63) is 90.3 Å². The molecule has 132 valence electrons. The number of pyridine rings is 1. The van der Waals surface area contributed by atoms with Crippen LogP contribution in [0, 0.1) is 0 Å². The number of aromatic nitrogens is 1. The van der Waals surface area contributed by atoms with Crippen molar-refractivity contribution in [2.24, 2.45) is 0 Å². The predicted octanol–water partition coefficient (Wildman–Crippen LogP) is 4.28. The average molecular weight is 346 g/mol. The van der Waals surface area contributed by atoms with E-state index in [1.54, 1.807) is 18.2 Å². The van der Waals surface area contributed by atoms with E-state index in [0.29, 0.717) is 6.54 Å². The number of hydrogen-bond donors (Lipinski definition) is 0. The first-order chi connectivity index (χ1) is 12.7. The highest BCUT2D eigenvalue weighted by Gasteiger charge is 2.28. The largest absolute Gasteiger partial charge is 0.497 e. The lowest BCUT2D eigenvalue weighted by molar-refractivity contribution is -0.119. The van der Waals surface area contributed by atoms with Crippen molar-refractivity contribution in [2.45, 2.75) is 12.8 Å². The molecule has 2 aromatic carbocycles. The fourth-order valence-electron chi connectivity index (χ4n) is 3.01. The average Bonchev–Trinajstić information content (AvgIpc) is 2.71. The quantitative estimate of drug-likeness (QED) is 0.669. The van der Waals surface area contributed by atoms with E-state index in [1.165, 1.54) is 0 Å². The van der Waals surface area contributed by atoms with Crippen molar-refractivity contribution in [2.75, 3.05) is 18.6 Å². The monoisotopic (exact) mass is 346 g/mol. The van der Waals surface area contributed by atoms with Crippen LogP contribution in [0.15, 0.2) is 79.0 Å². The molecule has 0 aliphatic rings. The van der Waals surface area contributed by atoms with E-state index in [2.05, 4.69) is 4.98 Å². The fraction of sp³-hybridized carbons (Fsp3) is 0.182. The van der Waals surface area contributed by atoms with Crippen LogP contribution in [0.3, 0.4) is 0 Å². The number of hydrogen-bond acceptors (Lipinski definition) is 3. The molecule has 4 heteroatoms. The molecule has 0 aliphatic carbocycles. The normalized spacial score (nSPS) is 11.6. The Morgan fingerprint density at radius 3 is 2.27 bits per heavy atom. The third-order valence-electron chi connectivity index (χ3n) is 4.33. The SMILES string of the molecule is CCN(C(=O)C(c1ccc(OC)cc1)c1ccccn1)c1ccccc1. The van der Waals surface area contributed by atoms with Gasteiger partial charge in [-0.15, -0.1) is 0 Å². The van der Waals surface area contributed by atoms with Crippen LogP contribution in [0.2, 0.25) is 0 Å². The Kier molecular flexibility index (Phi) is 5.64. The number of nitrogens with zero attached hydrogens (tertiary/aromatic N) is 2. The van der Waals surface area contributed by atoms with Crippen LogP contribution in [0.5, 0.6) is 5.75 Å². The molecule has 0 bridgehead atoms. The molecule has 3 aromatic rings. The minimum absolute atomic E-state index is 0.00238. The van der Waals surface area contributed by atoms with Gasteiger partial charge in [0.25, 0.3) is 0 Å². The van der Waals surface area contributed by atoms with Gasteiger partial charge in [0.05, 0.1) is 12.8 Å². The molecule has 1 atom stereocenters. The highest BCUT2D eigenvalue weighted by Crippen LogP contribution is 2.29. The number of carbonyl (C=O) groups excluding carboxylic acids is 1. The maximum atomic E-state index is 13.5. The number of benzene rings is 2. The third kappa shape index (κ3) is 3.75. The van der Waals surface area contributed by atoms with Gasteiger partial charge in [0.15, 0.2) is 0 Å². The summed E-state index contributed by atoms with van der Waals surface area (Å²) in [4.78, 5) is 19.7. The second-order valence-electron chi connectivity index (χ2n) is 5.88. The van der Waals surface area contributed by atoms with Gasteiger partial charge >= 0.3 is 0 Å². The molecule has 0 radical (unpaired) electrons. The molecule has 26 heavy (non-hydrogen) atoms. The Balaban J connectivity index is 2.03. The van der Waals surface area contributed by atoms with Crippen LogP contribution < -0.4 is 9.64 Å². The summed E-state index contributed by atoms with van der Waals surface area (Å²) in [7, 11) is 1.63. The van der Waals surface area contributed by atoms with Gasteiger partial charge in [0.2, 0.25) is 5.91 Å². The first-order valence-corrected chi connectivity index (χ1v) is 8.66. The summed E-state index contributed by atoms with van der Waals surface area (Å²) in [6.45, 7) is 2.57. The van der Waals surface area contributed by atoms with Crippen molar-refractivity contribution in [1.29, 1.82) is 0 Å². The van der Waals surface area contributed by atoms with Crippen LogP contribution in [0.25, 0.3) is 0 Å². The maximum absolute atomic E-state index is 13.5.